The van der Waals surface area contributed by atoms with Gasteiger partial charge in [0, 0.05) is 12.6 Å². The molecule has 1 saturated heterocycles. The minimum Gasteiger partial charge on any atom is -0.317 e. The van der Waals surface area contributed by atoms with E-state index in [0.29, 0.717) is 12.6 Å². The van der Waals surface area contributed by atoms with Gasteiger partial charge < -0.3 is 5.32 Å². The van der Waals surface area contributed by atoms with Gasteiger partial charge in [-0.3, -0.25) is 4.90 Å². The summed E-state index contributed by atoms with van der Waals surface area (Å²) < 4.78 is 37.4. The fraction of sp³-hybridized carbons (Fsp3) is 0.571. The first kappa shape index (κ1) is 17.3. The van der Waals surface area contributed by atoms with Crippen molar-refractivity contribution in [2.45, 2.75) is 31.6 Å². The van der Waals surface area contributed by atoms with Gasteiger partial charge >= 0.3 is 6.18 Å². The summed E-state index contributed by atoms with van der Waals surface area (Å²) in [5.41, 5.74) is 0.342. The number of alkyl halides is 3. The molecule has 0 bridgehead atoms. The van der Waals surface area contributed by atoms with Gasteiger partial charge in [-0.15, -0.1) is 12.4 Å². The molecule has 2 nitrogen and oxygen atoms in total. The number of nitrogens with one attached hydrogen (secondary N) is 1. The van der Waals surface area contributed by atoms with Gasteiger partial charge in [0.2, 0.25) is 0 Å². The molecule has 0 aromatic heterocycles. The van der Waals surface area contributed by atoms with Crippen LogP contribution < -0.4 is 5.32 Å². The minimum absolute atomic E-state index is 0. The molecule has 0 saturated carbocycles. The molecule has 1 aromatic carbocycles. The SMILES string of the molecule is CN(Cc1ccc(C(F)(F)F)cc1)C1CCNCC1.Cl. The zero-order chi connectivity index (χ0) is 13.9. The molecule has 2 rings (SSSR count). The topological polar surface area (TPSA) is 15.3 Å². The standard InChI is InChI=1S/C14H19F3N2.ClH/c1-19(13-6-8-18-9-7-13)10-11-2-4-12(5-3-11)14(15,16)17;/h2-5,13,18H,6-10H2,1H3;1H. The molecule has 114 valence electrons. The Balaban J connectivity index is 0.00000200. The van der Waals surface area contributed by atoms with Crippen LogP contribution in [0.15, 0.2) is 24.3 Å². The molecule has 20 heavy (non-hydrogen) atoms. The first-order chi connectivity index (χ1) is 8.97. The third-order valence-electron chi connectivity index (χ3n) is 3.65. The molecule has 6 heteroatoms. The van der Waals surface area contributed by atoms with Crippen molar-refractivity contribution < 1.29 is 13.2 Å². The van der Waals surface area contributed by atoms with Crippen LogP contribution in [0, 0.1) is 0 Å². The normalized spacial score (nSPS) is 17.1. The van der Waals surface area contributed by atoms with Crippen molar-refractivity contribution in [1.29, 1.82) is 0 Å². The summed E-state index contributed by atoms with van der Waals surface area (Å²) in [6.45, 7) is 2.73. The maximum Gasteiger partial charge on any atom is 0.416 e. The summed E-state index contributed by atoms with van der Waals surface area (Å²) in [6.07, 6.45) is -2.06. The van der Waals surface area contributed by atoms with Crippen molar-refractivity contribution in [3.8, 4) is 0 Å². The Morgan fingerprint density at radius 1 is 1.15 bits per heavy atom. The lowest BCUT2D eigenvalue weighted by atomic mass is 10.0. The highest BCUT2D eigenvalue weighted by molar-refractivity contribution is 5.85. The van der Waals surface area contributed by atoms with E-state index in [0.717, 1.165) is 43.6 Å². The molecule has 1 N–H and O–H groups in total. The van der Waals surface area contributed by atoms with Crippen molar-refractivity contribution >= 4 is 12.4 Å². The van der Waals surface area contributed by atoms with Gasteiger partial charge in [-0.2, -0.15) is 13.2 Å². The Morgan fingerprint density at radius 2 is 1.70 bits per heavy atom. The predicted octanol–water partition coefficient (Wildman–Crippen LogP) is 3.31. The molecule has 0 spiro atoms. The number of hydrogen-bond acceptors (Lipinski definition) is 2. The Kier molecular flexibility index (Phi) is 6.30. The average Bonchev–Trinajstić information content (AvgIpc) is 2.39. The smallest absolute Gasteiger partial charge is 0.317 e. The van der Waals surface area contributed by atoms with Gasteiger partial charge in [0.15, 0.2) is 0 Å². The first-order valence-corrected chi connectivity index (χ1v) is 6.54. The van der Waals surface area contributed by atoms with Crippen molar-refractivity contribution in [3.63, 3.8) is 0 Å². The van der Waals surface area contributed by atoms with E-state index >= 15 is 0 Å². The molecular weight excluding hydrogens is 289 g/mol. The summed E-state index contributed by atoms with van der Waals surface area (Å²) in [4.78, 5) is 2.23. The van der Waals surface area contributed by atoms with Gasteiger partial charge in [-0.25, -0.2) is 0 Å². The van der Waals surface area contributed by atoms with E-state index in [4.69, 9.17) is 0 Å². The fourth-order valence-corrected chi connectivity index (χ4v) is 2.46. The van der Waals surface area contributed by atoms with Crippen LogP contribution in [0.4, 0.5) is 13.2 Å². The number of halogens is 4. The Labute approximate surface area is 123 Å². The summed E-state index contributed by atoms with van der Waals surface area (Å²) >= 11 is 0. The Hall–Kier alpha value is -0.780. The highest BCUT2D eigenvalue weighted by atomic mass is 35.5. The first-order valence-electron chi connectivity index (χ1n) is 6.54. The molecule has 0 amide bonds. The van der Waals surface area contributed by atoms with Gasteiger partial charge in [0.05, 0.1) is 5.56 Å². The monoisotopic (exact) mass is 308 g/mol. The molecule has 0 aliphatic carbocycles. The summed E-state index contributed by atoms with van der Waals surface area (Å²) in [5.74, 6) is 0. The largest absolute Gasteiger partial charge is 0.416 e. The Bertz CT molecular complexity index is 400. The second kappa shape index (κ2) is 7.29. The molecule has 1 aromatic rings. The van der Waals surface area contributed by atoms with Crippen LogP contribution in [0.5, 0.6) is 0 Å². The highest BCUT2D eigenvalue weighted by Crippen LogP contribution is 2.29. The lowest BCUT2D eigenvalue weighted by Crippen LogP contribution is -2.40. The van der Waals surface area contributed by atoms with Crippen LogP contribution >= 0.6 is 12.4 Å². The molecule has 1 fully saturated rings. The molecule has 1 heterocycles. The van der Waals surface area contributed by atoms with Crippen LogP contribution in [0.25, 0.3) is 0 Å². The van der Waals surface area contributed by atoms with Crippen LogP contribution in [-0.2, 0) is 12.7 Å². The van der Waals surface area contributed by atoms with Gasteiger partial charge in [0.1, 0.15) is 0 Å². The second-order valence-electron chi connectivity index (χ2n) is 5.09. The zero-order valence-electron chi connectivity index (χ0n) is 11.4. The van der Waals surface area contributed by atoms with Crippen LogP contribution in [0.1, 0.15) is 24.0 Å². The number of piperidine rings is 1. The van der Waals surface area contributed by atoms with Crippen LogP contribution in [0.2, 0.25) is 0 Å². The molecule has 1 aliphatic rings. The number of benzene rings is 1. The number of hydrogen-bond donors (Lipinski definition) is 1. The van der Waals surface area contributed by atoms with E-state index < -0.39 is 11.7 Å². The van der Waals surface area contributed by atoms with Crippen molar-refractivity contribution in [2.75, 3.05) is 20.1 Å². The number of nitrogens with zero attached hydrogens (tertiary/aromatic N) is 1. The van der Waals surface area contributed by atoms with E-state index in [9.17, 15) is 13.2 Å². The fourth-order valence-electron chi connectivity index (χ4n) is 2.46. The van der Waals surface area contributed by atoms with Crippen LogP contribution in [0.3, 0.4) is 0 Å². The van der Waals surface area contributed by atoms with Crippen molar-refractivity contribution in [2.24, 2.45) is 0 Å². The van der Waals surface area contributed by atoms with Crippen molar-refractivity contribution in [1.82, 2.24) is 10.2 Å². The average molecular weight is 309 g/mol. The van der Waals surface area contributed by atoms with E-state index in [1.165, 1.54) is 0 Å². The third-order valence-corrected chi connectivity index (χ3v) is 3.65. The van der Waals surface area contributed by atoms with E-state index in [2.05, 4.69) is 10.2 Å². The minimum atomic E-state index is -4.25. The molecule has 0 atom stereocenters. The van der Waals surface area contributed by atoms with E-state index in [1.54, 1.807) is 12.1 Å². The molecule has 0 unspecified atom stereocenters. The predicted molar refractivity (Wildman–Crippen MR) is 76.1 cm³/mol. The van der Waals surface area contributed by atoms with Crippen LogP contribution in [-0.4, -0.2) is 31.1 Å². The van der Waals surface area contributed by atoms with E-state index in [1.807, 2.05) is 7.05 Å². The summed E-state index contributed by atoms with van der Waals surface area (Å²) in [7, 11) is 2.04. The number of rotatable bonds is 3. The van der Waals surface area contributed by atoms with E-state index in [-0.39, 0.29) is 12.4 Å². The quantitative estimate of drug-likeness (QED) is 0.921. The van der Waals surface area contributed by atoms with Crippen molar-refractivity contribution in [3.05, 3.63) is 35.4 Å². The lowest BCUT2D eigenvalue weighted by molar-refractivity contribution is -0.137. The lowest BCUT2D eigenvalue weighted by Gasteiger charge is -2.31. The highest BCUT2D eigenvalue weighted by Gasteiger charge is 2.30. The van der Waals surface area contributed by atoms with Gasteiger partial charge in [-0.1, -0.05) is 12.1 Å². The Morgan fingerprint density at radius 3 is 2.20 bits per heavy atom. The maximum absolute atomic E-state index is 12.5. The second-order valence-corrected chi connectivity index (χ2v) is 5.09. The molecule has 1 aliphatic heterocycles. The maximum atomic E-state index is 12.5. The molecular formula is C14H20ClF3N2. The van der Waals surface area contributed by atoms with Gasteiger partial charge in [-0.05, 0) is 50.7 Å². The summed E-state index contributed by atoms with van der Waals surface area (Å²) in [6, 6.07) is 5.97. The van der Waals surface area contributed by atoms with Gasteiger partial charge in [0.25, 0.3) is 0 Å². The zero-order valence-corrected chi connectivity index (χ0v) is 12.2. The third kappa shape index (κ3) is 4.65. The summed E-state index contributed by atoms with van der Waals surface area (Å²) in [5, 5.41) is 3.31. The molecule has 0 radical (unpaired) electrons.